The van der Waals surface area contributed by atoms with Gasteiger partial charge in [0.1, 0.15) is 6.61 Å². The number of halogens is 5. The first-order valence-corrected chi connectivity index (χ1v) is 5.48. The van der Waals surface area contributed by atoms with Crippen molar-refractivity contribution in [1.82, 2.24) is 4.90 Å². The second-order valence-corrected chi connectivity index (χ2v) is 3.51. The van der Waals surface area contributed by atoms with Crippen LogP contribution >= 0.6 is 11.6 Å². The van der Waals surface area contributed by atoms with Gasteiger partial charge >= 0.3 is 0 Å². The maximum absolute atomic E-state index is 12.1. The molecule has 0 rings (SSSR count). The number of carbonyl (C=O) groups excluding carboxylic acids is 1. The van der Waals surface area contributed by atoms with E-state index < -0.39 is 31.9 Å². The molecular weight excluding hydrogens is 266 g/mol. The summed E-state index contributed by atoms with van der Waals surface area (Å²) in [6.45, 7) is -1.69. The Balaban J connectivity index is 3.88. The second kappa shape index (κ2) is 9.47. The van der Waals surface area contributed by atoms with Gasteiger partial charge < -0.3 is 9.64 Å². The third kappa shape index (κ3) is 9.17. The summed E-state index contributed by atoms with van der Waals surface area (Å²) in [7, 11) is 0. The number of nitrogens with zero attached hydrogens (tertiary/aromatic N) is 1. The average Bonchev–Trinajstić information content (AvgIpc) is 2.22. The molecule has 3 nitrogen and oxygen atoms in total. The zero-order chi connectivity index (χ0) is 13.3. The summed E-state index contributed by atoms with van der Waals surface area (Å²) >= 11 is 5.36. The molecule has 0 spiro atoms. The predicted molar refractivity (Wildman–Crippen MR) is 54.7 cm³/mol. The Kier molecular flexibility index (Phi) is 9.16. The Bertz CT molecular complexity index is 219. The minimum atomic E-state index is -2.65. The number of carbonyl (C=O) groups is 1. The summed E-state index contributed by atoms with van der Waals surface area (Å²) in [5.41, 5.74) is 0. The molecule has 0 saturated heterocycles. The SMILES string of the molecule is O=C(CCOCC(F)F)N(CCCl)CC(F)F. The van der Waals surface area contributed by atoms with Gasteiger partial charge in [-0.15, -0.1) is 11.6 Å². The summed E-state index contributed by atoms with van der Waals surface area (Å²) in [6.07, 6.45) is -5.47. The van der Waals surface area contributed by atoms with E-state index in [-0.39, 0.29) is 25.5 Å². The molecule has 0 bridgehead atoms. The highest BCUT2D eigenvalue weighted by Gasteiger charge is 2.17. The largest absolute Gasteiger partial charge is 0.375 e. The Morgan fingerprint density at radius 3 is 2.35 bits per heavy atom. The highest BCUT2D eigenvalue weighted by molar-refractivity contribution is 6.18. The minimum Gasteiger partial charge on any atom is -0.375 e. The highest BCUT2D eigenvalue weighted by atomic mass is 35.5. The lowest BCUT2D eigenvalue weighted by Gasteiger charge is -2.21. The summed E-state index contributed by atoms with van der Waals surface area (Å²) < 4.78 is 52.0. The van der Waals surface area contributed by atoms with Gasteiger partial charge in [0.05, 0.1) is 19.6 Å². The van der Waals surface area contributed by atoms with Crippen LogP contribution in [0.2, 0.25) is 0 Å². The normalized spacial score (nSPS) is 11.2. The summed E-state index contributed by atoms with van der Waals surface area (Å²) in [5, 5.41) is 0. The molecule has 102 valence electrons. The molecular formula is C9H14ClF4NO2. The molecule has 0 unspecified atom stereocenters. The van der Waals surface area contributed by atoms with Gasteiger partial charge in [-0.25, -0.2) is 17.6 Å². The third-order valence-corrected chi connectivity index (χ3v) is 1.94. The summed E-state index contributed by atoms with van der Waals surface area (Å²) in [6, 6.07) is 0. The molecule has 0 aromatic carbocycles. The zero-order valence-electron chi connectivity index (χ0n) is 9.05. The van der Waals surface area contributed by atoms with Crippen LogP contribution in [-0.2, 0) is 9.53 Å². The van der Waals surface area contributed by atoms with Gasteiger partial charge in [0.2, 0.25) is 5.91 Å². The van der Waals surface area contributed by atoms with Crippen LogP contribution in [0.4, 0.5) is 17.6 Å². The molecule has 0 saturated carbocycles. The van der Waals surface area contributed by atoms with E-state index in [1.807, 2.05) is 0 Å². The number of hydrogen-bond acceptors (Lipinski definition) is 2. The molecule has 0 aliphatic heterocycles. The zero-order valence-corrected chi connectivity index (χ0v) is 9.81. The van der Waals surface area contributed by atoms with Crippen LogP contribution in [0.25, 0.3) is 0 Å². The van der Waals surface area contributed by atoms with Crippen molar-refractivity contribution in [1.29, 1.82) is 0 Å². The van der Waals surface area contributed by atoms with E-state index in [2.05, 4.69) is 4.74 Å². The van der Waals surface area contributed by atoms with E-state index in [1.165, 1.54) is 0 Å². The molecule has 8 heteroatoms. The molecule has 0 N–H and O–H groups in total. The van der Waals surface area contributed by atoms with Crippen molar-refractivity contribution in [3.8, 4) is 0 Å². The number of alkyl halides is 5. The first-order chi connectivity index (χ1) is 7.97. The van der Waals surface area contributed by atoms with Gasteiger partial charge in [-0.1, -0.05) is 0 Å². The molecule has 0 aromatic heterocycles. The second-order valence-electron chi connectivity index (χ2n) is 3.14. The third-order valence-electron chi connectivity index (χ3n) is 1.77. The molecule has 0 aliphatic carbocycles. The van der Waals surface area contributed by atoms with Crippen molar-refractivity contribution in [2.75, 3.05) is 32.2 Å². The monoisotopic (exact) mass is 279 g/mol. The minimum absolute atomic E-state index is 0.000421. The van der Waals surface area contributed by atoms with Crippen molar-refractivity contribution in [2.45, 2.75) is 19.3 Å². The van der Waals surface area contributed by atoms with Crippen molar-refractivity contribution in [3.63, 3.8) is 0 Å². The molecule has 0 aliphatic rings. The van der Waals surface area contributed by atoms with Crippen LogP contribution in [0.3, 0.4) is 0 Å². The van der Waals surface area contributed by atoms with Crippen molar-refractivity contribution >= 4 is 17.5 Å². The van der Waals surface area contributed by atoms with E-state index in [0.29, 0.717) is 0 Å². The van der Waals surface area contributed by atoms with E-state index >= 15 is 0 Å². The highest BCUT2D eigenvalue weighted by Crippen LogP contribution is 2.03. The van der Waals surface area contributed by atoms with Gasteiger partial charge in [-0.05, 0) is 0 Å². The quantitative estimate of drug-likeness (QED) is 0.367. The van der Waals surface area contributed by atoms with Gasteiger partial charge in [0.15, 0.2) is 0 Å². The fourth-order valence-corrected chi connectivity index (χ4v) is 1.28. The Labute approximate surface area is 102 Å². The molecule has 0 aromatic rings. The van der Waals surface area contributed by atoms with E-state index in [9.17, 15) is 22.4 Å². The van der Waals surface area contributed by atoms with E-state index in [0.717, 1.165) is 4.90 Å². The standard InChI is InChI=1S/C9H14ClF4NO2/c10-2-3-15(5-7(11)12)9(16)1-4-17-6-8(13)14/h7-8H,1-6H2. The topological polar surface area (TPSA) is 29.5 Å². The van der Waals surface area contributed by atoms with Crippen molar-refractivity contribution < 1.29 is 27.1 Å². The molecule has 0 radical (unpaired) electrons. The Morgan fingerprint density at radius 2 is 1.88 bits per heavy atom. The maximum Gasteiger partial charge on any atom is 0.261 e. The van der Waals surface area contributed by atoms with E-state index in [4.69, 9.17) is 11.6 Å². The molecule has 17 heavy (non-hydrogen) atoms. The van der Waals surface area contributed by atoms with E-state index in [1.54, 1.807) is 0 Å². The van der Waals surface area contributed by atoms with Crippen LogP contribution in [0.15, 0.2) is 0 Å². The van der Waals surface area contributed by atoms with Gasteiger partial charge in [-0.3, -0.25) is 4.79 Å². The van der Waals surface area contributed by atoms with Crippen LogP contribution < -0.4 is 0 Å². The lowest BCUT2D eigenvalue weighted by atomic mass is 10.3. The fraction of sp³-hybridized carbons (Fsp3) is 0.889. The summed E-state index contributed by atoms with van der Waals surface area (Å²) in [4.78, 5) is 12.3. The number of ether oxygens (including phenoxy) is 1. The summed E-state index contributed by atoms with van der Waals surface area (Å²) in [5.74, 6) is -0.545. The van der Waals surface area contributed by atoms with Crippen LogP contribution in [0.1, 0.15) is 6.42 Å². The lowest BCUT2D eigenvalue weighted by Crippen LogP contribution is -2.37. The number of rotatable bonds is 9. The van der Waals surface area contributed by atoms with Crippen molar-refractivity contribution in [2.24, 2.45) is 0 Å². The fourth-order valence-electron chi connectivity index (χ4n) is 1.08. The van der Waals surface area contributed by atoms with Gasteiger partial charge in [-0.2, -0.15) is 0 Å². The Hall–Kier alpha value is -0.560. The molecule has 0 heterocycles. The number of hydrogen-bond donors (Lipinski definition) is 0. The number of amides is 1. The predicted octanol–water partition coefficient (Wildman–Crippen LogP) is 1.99. The lowest BCUT2D eigenvalue weighted by molar-refractivity contribution is -0.134. The molecule has 0 fully saturated rings. The van der Waals surface area contributed by atoms with Crippen LogP contribution in [0, 0.1) is 0 Å². The smallest absolute Gasteiger partial charge is 0.261 e. The van der Waals surface area contributed by atoms with Gasteiger partial charge in [0, 0.05) is 12.4 Å². The Morgan fingerprint density at radius 1 is 1.24 bits per heavy atom. The van der Waals surface area contributed by atoms with Gasteiger partial charge in [0.25, 0.3) is 12.9 Å². The first kappa shape index (κ1) is 16.4. The maximum atomic E-state index is 12.1. The van der Waals surface area contributed by atoms with Crippen molar-refractivity contribution in [3.05, 3.63) is 0 Å². The van der Waals surface area contributed by atoms with Crippen LogP contribution in [-0.4, -0.2) is 55.8 Å². The molecule has 0 atom stereocenters. The van der Waals surface area contributed by atoms with Crippen LogP contribution in [0.5, 0.6) is 0 Å². The first-order valence-electron chi connectivity index (χ1n) is 4.95. The molecule has 1 amide bonds. The average molecular weight is 280 g/mol.